The molecule has 0 heterocycles. The summed E-state index contributed by atoms with van der Waals surface area (Å²) >= 11 is 6.09. The van der Waals surface area contributed by atoms with Crippen molar-refractivity contribution in [1.82, 2.24) is 4.90 Å². The molecule has 1 aliphatic rings. The summed E-state index contributed by atoms with van der Waals surface area (Å²) in [4.78, 5) is 2.45. The molecule has 21 heavy (non-hydrogen) atoms. The Hall–Kier alpha value is -0.570. The smallest absolute Gasteiger partial charge is 0.0409 e. The second kappa shape index (κ2) is 7.13. The Labute approximate surface area is 134 Å². The lowest BCUT2D eigenvalue weighted by atomic mass is 9.72. The molecule has 1 saturated carbocycles. The van der Waals surface area contributed by atoms with E-state index in [2.05, 4.69) is 37.9 Å². The standard InChI is InChI=1S/C18H29ClN2/c1-14(2)16-7-9-18(13-20,10-8-16)21(3)12-15-5-4-6-17(19)11-15/h4-6,11,14,16H,7-10,12-13,20H2,1-3H3. The van der Waals surface area contributed by atoms with Crippen LogP contribution >= 0.6 is 11.6 Å². The molecule has 0 spiro atoms. The number of hydrogen-bond acceptors (Lipinski definition) is 2. The summed E-state index contributed by atoms with van der Waals surface area (Å²) in [5, 5.41) is 0.811. The number of rotatable bonds is 5. The van der Waals surface area contributed by atoms with E-state index in [-0.39, 0.29) is 5.54 Å². The Morgan fingerprint density at radius 3 is 2.52 bits per heavy atom. The van der Waals surface area contributed by atoms with E-state index in [1.807, 2.05) is 12.1 Å². The first kappa shape index (κ1) is 16.8. The van der Waals surface area contributed by atoms with Crippen molar-refractivity contribution in [2.45, 2.75) is 51.6 Å². The SMILES string of the molecule is CC(C)C1CCC(CN)(N(C)Cc2cccc(Cl)c2)CC1. The van der Waals surface area contributed by atoms with E-state index < -0.39 is 0 Å². The van der Waals surface area contributed by atoms with E-state index in [1.165, 1.54) is 31.2 Å². The van der Waals surface area contributed by atoms with Crippen molar-refractivity contribution >= 4 is 11.6 Å². The molecular weight excluding hydrogens is 280 g/mol. The molecule has 2 N–H and O–H groups in total. The second-order valence-corrected chi connectivity index (χ2v) is 7.43. The lowest BCUT2D eigenvalue weighted by Gasteiger charge is -2.47. The van der Waals surface area contributed by atoms with E-state index in [4.69, 9.17) is 17.3 Å². The minimum absolute atomic E-state index is 0.160. The minimum atomic E-state index is 0.160. The van der Waals surface area contributed by atoms with Gasteiger partial charge in [-0.3, -0.25) is 4.90 Å². The third-order valence-electron chi connectivity index (χ3n) is 5.40. The van der Waals surface area contributed by atoms with Crippen LogP contribution in [-0.2, 0) is 6.54 Å². The zero-order valence-corrected chi connectivity index (χ0v) is 14.4. The first-order valence-electron chi connectivity index (χ1n) is 8.12. The third-order valence-corrected chi connectivity index (χ3v) is 5.64. The molecule has 118 valence electrons. The molecule has 0 radical (unpaired) electrons. The highest BCUT2D eigenvalue weighted by atomic mass is 35.5. The highest BCUT2D eigenvalue weighted by Gasteiger charge is 2.38. The van der Waals surface area contributed by atoms with E-state index >= 15 is 0 Å². The number of likely N-dealkylation sites (N-methyl/N-ethyl adjacent to an activating group) is 1. The number of benzene rings is 1. The molecule has 0 bridgehead atoms. The molecule has 0 saturated heterocycles. The molecule has 0 aromatic heterocycles. The van der Waals surface area contributed by atoms with Gasteiger partial charge in [-0.25, -0.2) is 0 Å². The molecule has 3 heteroatoms. The maximum Gasteiger partial charge on any atom is 0.0409 e. The van der Waals surface area contributed by atoms with Crippen molar-refractivity contribution in [3.63, 3.8) is 0 Å². The van der Waals surface area contributed by atoms with Crippen molar-refractivity contribution in [2.24, 2.45) is 17.6 Å². The van der Waals surface area contributed by atoms with Crippen molar-refractivity contribution < 1.29 is 0 Å². The quantitative estimate of drug-likeness (QED) is 0.878. The summed E-state index contributed by atoms with van der Waals surface area (Å²) < 4.78 is 0. The van der Waals surface area contributed by atoms with Crippen LogP contribution in [0.1, 0.15) is 45.1 Å². The molecule has 2 nitrogen and oxygen atoms in total. The van der Waals surface area contributed by atoms with Crippen molar-refractivity contribution in [1.29, 1.82) is 0 Å². The zero-order chi connectivity index (χ0) is 15.5. The maximum atomic E-state index is 6.18. The summed E-state index contributed by atoms with van der Waals surface area (Å²) in [6, 6.07) is 8.16. The predicted octanol–water partition coefficient (Wildman–Crippen LogP) is 4.32. The molecule has 0 unspecified atom stereocenters. The van der Waals surface area contributed by atoms with Gasteiger partial charge in [0.15, 0.2) is 0 Å². The van der Waals surface area contributed by atoms with Crippen LogP contribution in [0, 0.1) is 11.8 Å². The fourth-order valence-electron chi connectivity index (χ4n) is 3.66. The highest BCUT2D eigenvalue weighted by molar-refractivity contribution is 6.30. The summed E-state index contributed by atoms with van der Waals surface area (Å²) in [5.41, 5.74) is 7.60. The Balaban J connectivity index is 2.03. The summed E-state index contributed by atoms with van der Waals surface area (Å²) in [7, 11) is 2.21. The van der Waals surface area contributed by atoms with Crippen molar-refractivity contribution in [3.8, 4) is 0 Å². The van der Waals surface area contributed by atoms with Gasteiger partial charge in [0, 0.05) is 23.7 Å². The largest absolute Gasteiger partial charge is 0.329 e. The van der Waals surface area contributed by atoms with E-state index in [9.17, 15) is 0 Å². The molecule has 0 atom stereocenters. The van der Waals surface area contributed by atoms with Gasteiger partial charge in [-0.15, -0.1) is 0 Å². The number of hydrogen-bond donors (Lipinski definition) is 1. The van der Waals surface area contributed by atoms with E-state index in [1.54, 1.807) is 0 Å². The average molecular weight is 309 g/mol. The molecule has 1 aliphatic carbocycles. The maximum absolute atomic E-state index is 6.18. The van der Waals surface area contributed by atoms with Crippen LogP contribution in [0.25, 0.3) is 0 Å². The molecule has 1 fully saturated rings. The molecule has 0 aliphatic heterocycles. The molecule has 1 aromatic carbocycles. The van der Waals surface area contributed by atoms with Crippen LogP contribution in [0.4, 0.5) is 0 Å². The molecule has 2 rings (SSSR count). The first-order chi connectivity index (χ1) is 9.97. The van der Waals surface area contributed by atoms with Gasteiger partial charge in [-0.1, -0.05) is 37.6 Å². The molecular formula is C18H29ClN2. The van der Waals surface area contributed by atoms with Gasteiger partial charge < -0.3 is 5.73 Å². The Morgan fingerprint density at radius 1 is 1.33 bits per heavy atom. The molecule has 0 amide bonds. The summed E-state index contributed by atoms with van der Waals surface area (Å²) in [6.07, 6.45) is 5.02. The second-order valence-electron chi connectivity index (χ2n) is 7.00. The van der Waals surface area contributed by atoms with Gasteiger partial charge in [-0.05, 0) is 62.3 Å². The van der Waals surface area contributed by atoms with E-state index in [0.717, 1.165) is 29.9 Å². The van der Waals surface area contributed by atoms with Gasteiger partial charge >= 0.3 is 0 Å². The monoisotopic (exact) mass is 308 g/mol. The molecule has 1 aromatic rings. The Kier molecular flexibility index (Phi) is 5.70. The normalized spacial score (nSPS) is 26.5. The predicted molar refractivity (Wildman–Crippen MR) is 91.5 cm³/mol. The van der Waals surface area contributed by atoms with Crippen LogP contribution in [0.15, 0.2) is 24.3 Å². The number of nitrogens with zero attached hydrogens (tertiary/aromatic N) is 1. The topological polar surface area (TPSA) is 29.3 Å². The van der Waals surface area contributed by atoms with Crippen LogP contribution in [-0.4, -0.2) is 24.0 Å². The van der Waals surface area contributed by atoms with Crippen molar-refractivity contribution in [2.75, 3.05) is 13.6 Å². The van der Waals surface area contributed by atoms with Gasteiger partial charge in [0.25, 0.3) is 0 Å². The average Bonchev–Trinajstić information content (AvgIpc) is 2.47. The Morgan fingerprint density at radius 2 is 2.00 bits per heavy atom. The van der Waals surface area contributed by atoms with Gasteiger partial charge in [0.2, 0.25) is 0 Å². The zero-order valence-electron chi connectivity index (χ0n) is 13.6. The number of nitrogens with two attached hydrogens (primary N) is 1. The van der Waals surface area contributed by atoms with Gasteiger partial charge in [0.1, 0.15) is 0 Å². The fraction of sp³-hybridized carbons (Fsp3) is 0.667. The summed E-state index contributed by atoms with van der Waals surface area (Å²) in [5.74, 6) is 1.66. The van der Waals surface area contributed by atoms with Crippen LogP contribution in [0.5, 0.6) is 0 Å². The fourth-order valence-corrected chi connectivity index (χ4v) is 3.88. The minimum Gasteiger partial charge on any atom is -0.329 e. The number of halogens is 1. The van der Waals surface area contributed by atoms with Crippen LogP contribution in [0.2, 0.25) is 5.02 Å². The van der Waals surface area contributed by atoms with Crippen LogP contribution in [0.3, 0.4) is 0 Å². The first-order valence-corrected chi connectivity index (χ1v) is 8.50. The van der Waals surface area contributed by atoms with E-state index in [0.29, 0.717) is 0 Å². The Bertz CT molecular complexity index is 450. The van der Waals surface area contributed by atoms with Crippen molar-refractivity contribution in [3.05, 3.63) is 34.9 Å². The lowest BCUT2D eigenvalue weighted by Crippen LogP contribution is -2.54. The van der Waals surface area contributed by atoms with Crippen LogP contribution < -0.4 is 5.73 Å². The third kappa shape index (κ3) is 4.00. The summed E-state index contributed by atoms with van der Waals surface area (Å²) in [6.45, 7) is 6.35. The highest BCUT2D eigenvalue weighted by Crippen LogP contribution is 2.38. The van der Waals surface area contributed by atoms with Gasteiger partial charge in [-0.2, -0.15) is 0 Å². The lowest BCUT2D eigenvalue weighted by molar-refractivity contribution is 0.0498. The van der Waals surface area contributed by atoms with Gasteiger partial charge in [0.05, 0.1) is 0 Å².